The first-order valence-corrected chi connectivity index (χ1v) is 6.99. The van der Waals surface area contributed by atoms with Crippen LogP contribution in [-0.2, 0) is 6.54 Å². The summed E-state index contributed by atoms with van der Waals surface area (Å²) in [4.78, 5) is 4.61. The lowest BCUT2D eigenvalue weighted by Gasteiger charge is -2.36. The molecular formula is C15H23FN4. The third-order valence-electron chi connectivity index (χ3n) is 4.00. The zero-order chi connectivity index (χ0) is 14.7. The van der Waals surface area contributed by atoms with E-state index in [0.717, 1.165) is 18.7 Å². The molecule has 0 radical (unpaired) electrons. The largest absolute Gasteiger partial charge is 0.384 e. The van der Waals surface area contributed by atoms with Crippen molar-refractivity contribution >= 4 is 5.84 Å². The number of nitrogens with zero attached hydrogens (tertiary/aromatic N) is 2. The van der Waals surface area contributed by atoms with Crippen LogP contribution in [0.2, 0.25) is 0 Å². The second-order valence-corrected chi connectivity index (χ2v) is 5.69. The summed E-state index contributed by atoms with van der Waals surface area (Å²) in [5, 5.41) is 7.58. The Morgan fingerprint density at radius 2 is 2.30 bits per heavy atom. The van der Waals surface area contributed by atoms with Gasteiger partial charge in [0.25, 0.3) is 0 Å². The number of nitrogens with two attached hydrogens (primary N) is 1. The number of nitrogen functional groups attached to an aromatic ring is 1. The van der Waals surface area contributed by atoms with E-state index in [2.05, 4.69) is 23.9 Å². The van der Waals surface area contributed by atoms with Crippen molar-refractivity contribution in [2.45, 2.75) is 25.4 Å². The van der Waals surface area contributed by atoms with Crippen LogP contribution < -0.4 is 5.73 Å². The van der Waals surface area contributed by atoms with E-state index in [1.54, 1.807) is 6.07 Å². The molecule has 110 valence electrons. The molecule has 2 rings (SSSR count). The van der Waals surface area contributed by atoms with Gasteiger partial charge in [0.2, 0.25) is 0 Å². The first-order chi connectivity index (χ1) is 9.47. The number of halogens is 1. The minimum atomic E-state index is -0.348. The summed E-state index contributed by atoms with van der Waals surface area (Å²) in [7, 11) is 4.22. The summed E-state index contributed by atoms with van der Waals surface area (Å²) < 4.78 is 13.3. The molecule has 3 N–H and O–H groups in total. The van der Waals surface area contributed by atoms with Crippen molar-refractivity contribution in [2.75, 3.05) is 27.2 Å². The Balaban J connectivity index is 2.11. The number of hydrogen-bond acceptors (Lipinski definition) is 3. The van der Waals surface area contributed by atoms with Crippen LogP contribution in [0.5, 0.6) is 0 Å². The van der Waals surface area contributed by atoms with E-state index in [1.165, 1.54) is 25.0 Å². The lowest BCUT2D eigenvalue weighted by molar-refractivity contribution is 0.129. The van der Waals surface area contributed by atoms with Gasteiger partial charge < -0.3 is 10.6 Å². The highest BCUT2D eigenvalue weighted by molar-refractivity contribution is 5.96. The van der Waals surface area contributed by atoms with Gasteiger partial charge in [0.05, 0.1) is 0 Å². The average molecular weight is 278 g/mol. The molecule has 1 aromatic carbocycles. The third kappa shape index (κ3) is 3.55. The molecule has 5 heteroatoms. The summed E-state index contributed by atoms with van der Waals surface area (Å²) in [6.07, 6.45) is 2.38. The van der Waals surface area contributed by atoms with Gasteiger partial charge >= 0.3 is 0 Å². The number of nitrogens with one attached hydrogen (secondary N) is 1. The maximum Gasteiger partial charge on any atom is 0.123 e. The van der Waals surface area contributed by atoms with E-state index in [0.29, 0.717) is 18.2 Å². The molecule has 0 spiro atoms. The Kier molecular flexibility index (Phi) is 4.73. The van der Waals surface area contributed by atoms with Crippen molar-refractivity contribution in [3.8, 4) is 0 Å². The van der Waals surface area contributed by atoms with Crippen LogP contribution in [0.25, 0.3) is 0 Å². The fourth-order valence-electron chi connectivity index (χ4n) is 2.83. The van der Waals surface area contributed by atoms with Gasteiger partial charge in [0.15, 0.2) is 0 Å². The molecule has 1 aromatic rings. The average Bonchev–Trinajstić information content (AvgIpc) is 2.40. The lowest BCUT2D eigenvalue weighted by atomic mass is 10.0. The Labute approximate surface area is 119 Å². The van der Waals surface area contributed by atoms with Crippen LogP contribution in [-0.4, -0.2) is 48.9 Å². The standard InChI is InChI=1S/C15H23FN4/c1-19-7-3-4-13(10-19)20(2)9-11-5-6-12(16)8-14(11)15(17)18/h5-6,8,13H,3-4,7,9-10H2,1-2H3,(H3,17,18). The maximum atomic E-state index is 13.3. The molecule has 0 saturated carbocycles. The molecule has 0 amide bonds. The molecule has 1 atom stereocenters. The molecule has 0 bridgehead atoms. The van der Waals surface area contributed by atoms with Crippen molar-refractivity contribution < 1.29 is 4.39 Å². The minimum Gasteiger partial charge on any atom is -0.384 e. The van der Waals surface area contributed by atoms with Crippen LogP contribution >= 0.6 is 0 Å². The number of likely N-dealkylation sites (tertiary alicyclic amines) is 1. The van der Waals surface area contributed by atoms with Crippen molar-refractivity contribution in [3.05, 3.63) is 35.1 Å². The molecule has 20 heavy (non-hydrogen) atoms. The molecule has 1 aliphatic rings. The molecule has 1 unspecified atom stereocenters. The number of likely N-dealkylation sites (N-methyl/N-ethyl adjacent to an activating group) is 2. The van der Waals surface area contributed by atoms with Crippen molar-refractivity contribution in [2.24, 2.45) is 5.73 Å². The number of benzene rings is 1. The number of amidine groups is 1. The summed E-state index contributed by atoms with van der Waals surface area (Å²) in [5.74, 6) is -0.423. The Morgan fingerprint density at radius 1 is 1.55 bits per heavy atom. The zero-order valence-corrected chi connectivity index (χ0v) is 12.2. The van der Waals surface area contributed by atoms with Gasteiger partial charge in [0, 0.05) is 24.7 Å². The van der Waals surface area contributed by atoms with Gasteiger partial charge in [-0.25, -0.2) is 4.39 Å². The van der Waals surface area contributed by atoms with E-state index < -0.39 is 0 Å². The highest BCUT2D eigenvalue weighted by atomic mass is 19.1. The SMILES string of the molecule is CN1CCCC(N(C)Cc2ccc(F)cc2C(=N)N)C1. The number of hydrogen-bond donors (Lipinski definition) is 2. The minimum absolute atomic E-state index is 0.0753. The van der Waals surface area contributed by atoms with Gasteiger partial charge in [-0.2, -0.15) is 0 Å². The number of rotatable bonds is 4. The summed E-state index contributed by atoms with van der Waals surface area (Å²) in [6, 6.07) is 5.01. The predicted octanol–water partition coefficient (Wildman–Crippen LogP) is 1.64. The molecule has 0 aromatic heterocycles. The van der Waals surface area contributed by atoms with Crippen LogP contribution in [0.15, 0.2) is 18.2 Å². The fraction of sp³-hybridized carbons (Fsp3) is 0.533. The van der Waals surface area contributed by atoms with Crippen molar-refractivity contribution in [1.82, 2.24) is 9.80 Å². The van der Waals surface area contributed by atoms with E-state index >= 15 is 0 Å². The Morgan fingerprint density at radius 3 is 2.95 bits per heavy atom. The van der Waals surface area contributed by atoms with Crippen LogP contribution in [0.3, 0.4) is 0 Å². The van der Waals surface area contributed by atoms with Gasteiger partial charge in [-0.15, -0.1) is 0 Å². The molecule has 0 aliphatic carbocycles. The first kappa shape index (κ1) is 14.9. The topological polar surface area (TPSA) is 56.4 Å². The first-order valence-electron chi connectivity index (χ1n) is 6.99. The summed E-state index contributed by atoms with van der Waals surface area (Å²) in [5.41, 5.74) is 6.96. The highest BCUT2D eigenvalue weighted by Gasteiger charge is 2.21. The van der Waals surface area contributed by atoms with E-state index in [-0.39, 0.29) is 11.7 Å². The monoisotopic (exact) mass is 278 g/mol. The normalized spacial score (nSPS) is 20.3. The lowest BCUT2D eigenvalue weighted by Crippen LogP contribution is -2.44. The molecule has 1 aliphatic heterocycles. The second-order valence-electron chi connectivity index (χ2n) is 5.69. The third-order valence-corrected chi connectivity index (χ3v) is 4.00. The molecule has 1 saturated heterocycles. The summed E-state index contributed by atoms with van der Waals surface area (Å²) in [6.45, 7) is 2.89. The quantitative estimate of drug-likeness (QED) is 0.650. The second kappa shape index (κ2) is 6.33. The zero-order valence-electron chi connectivity index (χ0n) is 12.2. The van der Waals surface area contributed by atoms with E-state index in [1.807, 2.05) is 0 Å². The van der Waals surface area contributed by atoms with Crippen molar-refractivity contribution in [1.29, 1.82) is 5.41 Å². The van der Waals surface area contributed by atoms with Gasteiger partial charge in [-0.1, -0.05) is 6.07 Å². The van der Waals surface area contributed by atoms with Crippen LogP contribution in [0.4, 0.5) is 4.39 Å². The Hall–Kier alpha value is -1.46. The van der Waals surface area contributed by atoms with Gasteiger partial charge in [0.1, 0.15) is 11.7 Å². The maximum absolute atomic E-state index is 13.3. The molecule has 1 heterocycles. The van der Waals surface area contributed by atoms with E-state index in [9.17, 15) is 4.39 Å². The number of piperidine rings is 1. The fourth-order valence-corrected chi connectivity index (χ4v) is 2.83. The molecular weight excluding hydrogens is 255 g/mol. The summed E-state index contributed by atoms with van der Waals surface area (Å²) >= 11 is 0. The smallest absolute Gasteiger partial charge is 0.123 e. The Bertz CT molecular complexity index is 489. The molecule has 1 fully saturated rings. The predicted molar refractivity (Wildman–Crippen MR) is 79.4 cm³/mol. The van der Waals surface area contributed by atoms with Crippen LogP contribution in [0, 0.1) is 11.2 Å². The van der Waals surface area contributed by atoms with E-state index in [4.69, 9.17) is 11.1 Å². The van der Waals surface area contributed by atoms with Crippen molar-refractivity contribution in [3.63, 3.8) is 0 Å². The van der Waals surface area contributed by atoms with Crippen LogP contribution in [0.1, 0.15) is 24.0 Å². The van der Waals surface area contributed by atoms with Gasteiger partial charge in [-0.05, 0) is 51.2 Å². The van der Waals surface area contributed by atoms with Gasteiger partial charge in [-0.3, -0.25) is 10.3 Å². The highest BCUT2D eigenvalue weighted by Crippen LogP contribution is 2.18. The molecule has 4 nitrogen and oxygen atoms in total.